The Balaban J connectivity index is 2.37. The highest BCUT2D eigenvalue weighted by molar-refractivity contribution is 6.32. The van der Waals surface area contributed by atoms with Crippen LogP contribution in [0.2, 0.25) is 5.15 Å². The molecule has 0 fully saturated rings. The van der Waals surface area contributed by atoms with Crippen LogP contribution in [-0.2, 0) is 0 Å². The van der Waals surface area contributed by atoms with E-state index in [1.165, 1.54) is 6.20 Å². The van der Waals surface area contributed by atoms with E-state index >= 15 is 0 Å². The molecule has 2 aromatic rings. The minimum Gasteiger partial charge on any atom is -0.382 e. The average Bonchev–Trinajstić information content (AvgIpc) is 2.61. The molecule has 0 aromatic carbocycles. The lowest BCUT2D eigenvalue weighted by atomic mass is 10.4. The summed E-state index contributed by atoms with van der Waals surface area (Å²) in [6.45, 7) is 2.76. The Kier molecular flexibility index (Phi) is 2.96. The van der Waals surface area contributed by atoms with Gasteiger partial charge in [-0.15, -0.1) is 0 Å². The van der Waals surface area contributed by atoms with E-state index in [4.69, 9.17) is 11.6 Å². The first kappa shape index (κ1) is 10.8. The van der Waals surface area contributed by atoms with Crippen molar-refractivity contribution < 1.29 is 9.94 Å². The largest absolute Gasteiger partial charge is 0.382 e. The Morgan fingerprint density at radius 1 is 1.62 bits per heavy atom. The molecule has 0 amide bonds. The van der Waals surface area contributed by atoms with Crippen molar-refractivity contribution >= 4 is 17.3 Å². The minimum atomic E-state index is 0.412. The van der Waals surface area contributed by atoms with Crippen molar-refractivity contribution in [3.05, 3.63) is 35.9 Å². The van der Waals surface area contributed by atoms with E-state index in [1.807, 2.05) is 13.0 Å². The summed E-state index contributed by atoms with van der Waals surface area (Å²) in [5.41, 5.74) is 1.51. The Hall–Kier alpha value is -1.75. The minimum absolute atomic E-state index is 0.412. The van der Waals surface area contributed by atoms with Gasteiger partial charge in [-0.1, -0.05) is 11.6 Å². The Morgan fingerprint density at radius 3 is 3.12 bits per heavy atom. The van der Waals surface area contributed by atoms with Crippen LogP contribution in [0.3, 0.4) is 0 Å². The second-order valence-electron chi connectivity index (χ2n) is 3.25. The van der Waals surface area contributed by atoms with E-state index < -0.39 is 0 Å². The maximum atomic E-state index is 9.28. The first-order chi connectivity index (χ1) is 7.70. The second kappa shape index (κ2) is 4.40. The summed E-state index contributed by atoms with van der Waals surface area (Å²) in [6.07, 6.45) is 4.85. The van der Waals surface area contributed by atoms with Crippen LogP contribution in [0.5, 0.6) is 0 Å². The summed E-state index contributed by atoms with van der Waals surface area (Å²) in [5.74, 6) is 0. The molecule has 2 heterocycles. The summed E-state index contributed by atoms with van der Waals surface area (Å²) in [6, 6.07) is 3.55. The standard InChI is InChI=1S/C10H12ClN4O/c1-2-12-9-7-15(13-10(9)11)8-4-3-5-14(16)6-8/h3-7,12,16H,2H2,1H3/q+1. The van der Waals surface area contributed by atoms with Crippen molar-refractivity contribution in [1.29, 1.82) is 0 Å². The van der Waals surface area contributed by atoms with Crippen LogP contribution >= 0.6 is 11.6 Å². The zero-order valence-electron chi connectivity index (χ0n) is 8.76. The van der Waals surface area contributed by atoms with Crippen molar-refractivity contribution in [2.24, 2.45) is 0 Å². The Morgan fingerprint density at radius 2 is 2.44 bits per heavy atom. The molecule has 0 aliphatic rings. The lowest BCUT2D eigenvalue weighted by Crippen LogP contribution is -2.29. The van der Waals surface area contributed by atoms with Crippen LogP contribution < -0.4 is 10.0 Å². The third-order valence-corrected chi connectivity index (χ3v) is 2.35. The highest BCUT2D eigenvalue weighted by Crippen LogP contribution is 2.20. The number of pyridine rings is 1. The zero-order chi connectivity index (χ0) is 11.5. The molecular formula is C10H12ClN4O+. The van der Waals surface area contributed by atoms with Crippen molar-refractivity contribution in [1.82, 2.24) is 9.78 Å². The fraction of sp³-hybridized carbons (Fsp3) is 0.200. The van der Waals surface area contributed by atoms with E-state index in [0.29, 0.717) is 5.15 Å². The molecular weight excluding hydrogens is 228 g/mol. The summed E-state index contributed by atoms with van der Waals surface area (Å²) in [7, 11) is 0. The van der Waals surface area contributed by atoms with Crippen LogP contribution in [0.4, 0.5) is 5.69 Å². The first-order valence-corrected chi connectivity index (χ1v) is 5.28. The van der Waals surface area contributed by atoms with Gasteiger partial charge in [0.1, 0.15) is 5.69 Å². The first-order valence-electron chi connectivity index (χ1n) is 4.90. The molecule has 16 heavy (non-hydrogen) atoms. The highest BCUT2D eigenvalue weighted by Gasteiger charge is 2.09. The number of rotatable bonds is 3. The number of hydrogen-bond acceptors (Lipinski definition) is 3. The van der Waals surface area contributed by atoms with E-state index in [2.05, 4.69) is 10.4 Å². The molecule has 5 nitrogen and oxygen atoms in total. The van der Waals surface area contributed by atoms with Crippen LogP contribution in [0.15, 0.2) is 30.7 Å². The Labute approximate surface area is 97.9 Å². The highest BCUT2D eigenvalue weighted by atomic mass is 35.5. The fourth-order valence-corrected chi connectivity index (χ4v) is 1.58. The number of hydrogen-bond donors (Lipinski definition) is 2. The molecule has 0 aliphatic heterocycles. The van der Waals surface area contributed by atoms with Gasteiger partial charge < -0.3 is 5.32 Å². The quantitative estimate of drug-likeness (QED) is 0.630. The van der Waals surface area contributed by atoms with Crippen molar-refractivity contribution in [3.8, 4) is 5.69 Å². The molecule has 2 aromatic heterocycles. The van der Waals surface area contributed by atoms with Crippen LogP contribution in [-0.4, -0.2) is 21.5 Å². The van der Waals surface area contributed by atoms with Crippen molar-refractivity contribution in [2.45, 2.75) is 6.92 Å². The SMILES string of the molecule is CCNc1cn(-c2ccc[n+](O)c2)nc1Cl. The average molecular weight is 240 g/mol. The molecule has 2 rings (SSSR count). The molecule has 6 heteroatoms. The van der Waals surface area contributed by atoms with Crippen LogP contribution in [0, 0.1) is 0 Å². The summed E-state index contributed by atoms with van der Waals surface area (Å²) in [5, 5.41) is 16.9. The number of nitrogens with zero attached hydrogens (tertiary/aromatic N) is 3. The third-order valence-electron chi connectivity index (χ3n) is 2.07. The van der Waals surface area contributed by atoms with Gasteiger partial charge in [0, 0.05) is 17.3 Å². The number of halogens is 1. The van der Waals surface area contributed by atoms with Gasteiger partial charge in [-0.2, -0.15) is 5.10 Å². The Bertz CT molecular complexity index is 497. The fourth-order valence-electron chi connectivity index (χ4n) is 1.38. The zero-order valence-corrected chi connectivity index (χ0v) is 9.52. The number of anilines is 1. The topological polar surface area (TPSA) is 54.0 Å². The third kappa shape index (κ3) is 2.09. The van der Waals surface area contributed by atoms with Gasteiger partial charge in [0.25, 0.3) is 0 Å². The molecule has 0 spiro atoms. The van der Waals surface area contributed by atoms with Gasteiger partial charge in [-0.3, -0.25) is 5.21 Å². The van der Waals surface area contributed by atoms with Gasteiger partial charge in [0.05, 0.1) is 11.9 Å². The number of aromatic nitrogens is 3. The molecule has 0 saturated carbocycles. The lowest BCUT2D eigenvalue weighted by molar-refractivity contribution is -0.904. The predicted octanol–water partition coefficient (Wildman–Crippen LogP) is 1.48. The summed E-state index contributed by atoms with van der Waals surface area (Å²) >= 11 is 5.95. The molecule has 0 unspecified atom stereocenters. The predicted molar refractivity (Wildman–Crippen MR) is 60.1 cm³/mol. The van der Waals surface area contributed by atoms with E-state index in [0.717, 1.165) is 22.6 Å². The summed E-state index contributed by atoms with van der Waals surface area (Å²) in [4.78, 5) is 0. The molecule has 0 aliphatic carbocycles. The molecule has 0 radical (unpaired) electrons. The van der Waals surface area contributed by atoms with E-state index in [-0.39, 0.29) is 0 Å². The molecule has 84 valence electrons. The van der Waals surface area contributed by atoms with Gasteiger partial charge in [-0.25, -0.2) is 4.68 Å². The normalized spacial score (nSPS) is 10.4. The molecule has 0 bridgehead atoms. The maximum Gasteiger partial charge on any atom is 0.247 e. The van der Waals surface area contributed by atoms with Gasteiger partial charge in [-0.05, 0) is 13.0 Å². The van der Waals surface area contributed by atoms with Gasteiger partial charge in [0.15, 0.2) is 5.15 Å². The van der Waals surface area contributed by atoms with Gasteiger partial charge >= 0.3 is 0 Å². The smallest absolute Gasteiger partial charge is 0.247 e. The van der Waals surface area contributed by atoms with Crippen LogP contribution in [0.1, 0.15) is 6.92 Å². The van der Waals surface area contributed by atoms with Crippen molar-refractivity contribution in [3.63, 3.8) is 0 Å². The van der Waals surface area contributed by atoms with Crippen molar-refractivity contribution in [2.75, 3.05) is 11.9 Å². The summed E-state index contributed by atoms with van der Waals surface area (Å²) < 4.78 is 2.57. The second-order valence-corrected chi connectivity index (χ2v) is 3.61. The molecule has 2 N–H and O–H groups in total. The van der Waals surface area contributed by atoms with Crippen LogP contribution in [0.25, 0.3) is 5.69 Å². The maximum absolute atomic E-state index is 9.28. The molecule has 0 saturated heterocycles. The molecule has 0 atom stereocenters. The lowest BCUT2D eigenvalue weighted by Gasteiger charge is -1.97. The monoisotopic (exact) mass is 239 g/mol. The van der Waals surface area contributed by atoms with E-state index in [1.54, 1.807) is 23.1 Å². The number of nitrogens with one attached hydrogen (secondary N) is 1. The van der Waals surface area contributed by atoms with E-state index in [9.17, 15) is 5.21 Å². The van der Waals surface area contributed by atoms with Gasteiger partial charge in [0.2, 0.25) is 12.4 Å².